The number of hydrogen-bond acceptors (Lipinski definition) is 5. The second-order valence-corrected chi connectivity index (χ2v) is 11.8. The van der Waals surface area contributed by atoms with Gasteiger partial charge in [-0.05, 0) is 18.2 Å². The molecule has 9 aromatic rings. The fourth-order valence-corrected chi connectivity index (χ4v) is 7.32. The normalized spacial score (nSPS) is 11.6. The number of benzene rings is 5. The van der Waals surface area contributed by atoms with Gasteiger partial charge in [0.2, 0.25) is 5.95 Å². The van der Waals surface area contributed by atoms with Gasteiger partial charge in [0.25, 0.3) is 0 Å². The van der Waals surface area contributed by atoms with Gasteiger partial charge in [-0.3, -0.25) is 4.57 Å². The average Bonchev–Trinajstić information content (AvgIpc) is 3.65. The molecule has 0 atom stereocenters. The van der Waals surface area contributed by atoms with Crippen molar-refractivity contribution in [1.29, 1.82) is 0 Å². The lowest BCUT2D eigenvalue weighted by atomic mass is 10.1. The molecule has 0 aliphatic carbocycles. The minimum Gasteiger partial charge on any atom is -0.276 e. The van der Waals surface area contributed by atoms with Gasteiger partial charge in [-0.25, -0.2) is 19.9 Å². The van der Waals surface area contributed by atoms with Gasteiger partial charge in [0.05, 0.1) is 32.7 Å². The van der Waals surface area contributed by atoms with Crippen LogP contribution in [0.4, 0.5) is 0 Å². The zero-order valence-corrected chi connectivity index (χ0v) is 24.2. The standard InChI is InChI=1S/C38H23N5S/c1-3-11-24(12-4-1)31-21-32(25-13-5-2-6-14-25)42-37(41-31)26-22-39-38(40-23-26)43-33-17-9-7-15-27(33)29-19-20-30-28-16-8-10-18-34(28)44-36(30)35(29)43/h1-23H. The number of para-hydroxylation sites is 1. The molecule has 0 radical (unpaired) electrons. The maximum absolute atomic E-state index is 4.96. The van der Waals surface area contributed by atoms with Gasteiger partial charge in [-0.1, -0.05) is 109 Å². The first kappa shape index (κ1) is 24.8. The van der Waals surface area contributed by atoms with Crippen LogP contribution < -0.4 is 0 Å². The predicted molar refractivity (Wildman–Crippen MR) is 181 cm³/mol. The summed E-state index contributed by atoms with van der Waals surface area (Å²) < 4.78 is 4.70. The number of fused-ring (bicyclic) bond motifs is 7. The Kier molecular flexibility index (Phi) is 5.61. The molecule has 9 rings (SSSR count). The molecule has 0 amide bonds. The molecule has 0 bridgehead atoms. The molecule has 0 saturated carbocycles. The van der Waals surface area contributed by atoms with Gasteiger partial charge in [-0.2, -0.15) is 0 Å². The zero-order valence-electron chi connectivity index (χ0n) is 23.4. The Hall–Kier alpha value is -5.72. The summed E-state index contributed by atoms with van der Waals surface area (Å²) in [6, 6.07) is 44.0. The molecule has 44 heavy (non-hydrogen) atoms. The van der Waals surface area contributed by atoms with Gasteiger partial charge in [0.15, 0.2) is 5.82 Å². The fraction of sp³-hybridized carbons (Fsp3) is 0. The van der Waals surface area contributed by atoms with Crippen molar-refractivity contribution < 1.29 is 0 Å². The molecule has 0 fully saturated rings. The average molecular weight is 582 g/mol. The van der Waals surface area contributed by atoms with Crippen LogP contribution >= 0.6 is 11.3 Å². The van der Waals surface area contributed by atoms with E-state index >= 15 is 0 Å². The van der Waals surface area contributed by atoms with E-state index in [1.165, 1.54) is 30.9 Å². The number of hydrogen-bond donors (Lipinski definition) is 0. The van der Waals surface area contributed by atoms with Crippen molar-refractivity contribution in [3.8, 4) is 39.9 Å². The Morgan fingerprint density at radius 3 is 1.80 bits per heavy atom. The van der Waals surface area contributed by atoms with E-state index in [1.54, 1.807) is 0 Å². The number of thiophene rings is 1. The summed E-state index contributed by atoms with van der Waals surface area (Å²) in [5, 5.41) is 4.89. The predicted octanol–water partition coefficient (Wildman–Crippen LogP) is 9.73. The first-order valence-corrected chi connectivity index (χ1v) is 15.3. The van der Waals surface area contributed by atoms with Gasteiger partial charge >= 0.3 is 0 Å². The van der Waals surface area contributed by atoms with E-state index in [0.717, 1.165) is 39.1 Å². The summed E-state index contributed by atoms with van der Waals surface area (Å²) in [4.78, 5) is 19.8. The Labute approximate surface area is 256 Å². The molecule has 4 heterocycles. The molecule has 0 unspecified atom stereocenters. The molecule has 0 spiro atoms. The molecular weight excluding hydrogens is 559 g/mol. The lowest BCUT2D eigenvalue weighted by molar-refractivity contribution is 0.988. The second-order valence-electron chi connectivity index (χ2n) is 10.8. The lowest BCUT2D eigenvalue weighted by Gasteiger charge is -2.10. The quantitative estimate of drug-likeness (QED) is 0.208. The molecule has 0 aliphatic heterocycles. The number of nitrogens with zero attached hydrogens (tertiary/aromatic N) is 5. The zero-order chi connectivity index (χ0) is 29.0. The highest BCUT2D eigenvalue weighted by Gasteiger charge is 2.19. The minimum atomic E-state index is 0.589. The van der Waals surface area contributed by atoms with Crippen LogP contribution in [0.15, 0.2) is 140 Å². The highest BCUT2D eigenvalue weighted by Crippen LogP contribution is 2.42. The van der Waals surface area contributed by atoms with Crippen LogP contribution in [-0.4, -0.2) is 24.5 Å². The third-order valence-electron chi connectivity index (χ3n) is 8.14. The van der Waals surface area contributed by atoms with E-state index in [-0.39, 0.29) is 0 Å². The molecule has 206 valence electrons. The van der Waals surface area contributed by atoms with Crippen LogP contribution in [0.2, 0.25) is 0 Å². The topological polar surface area (TPSA) is 56.5 Å². The number of aromatic nitrogens is 5. The van der Waals surface area contributed by atoms with Crippen molar-refractivity contribution in [1.82, 2.24) is 24.5 Å². The third kappa shape index (κ3) is 3.92. The Bertz CT molecular complexity index is 2420. The molecule has 4 aromatic heterocycles. The molecule has 0 saturated heterocycles. The van der Waals surface area contributed by atoms with Crippen LogP contribution in [0.25, 0.3) is 81.8 Å². The van der Waals surface area contributed by atoms with Crippen LogP contribution in [0.1, 0.15) is 0 Å². The molecule has 0 aliphatic rings. The minimum absolute atomic E-state index is 0.589. The highest BCUT2D eigenvalue weighted by molar-refractivity contribution is 7.26. The summed E-state index contributed by atoms with van der Waals surface area (Å²) in [6.07, 6.45) is 3.68. The van der Waals surface area contributed by atoms with E-state index in [4.69, 9.17) is 19.9 Å². The van der Waals surface area contributed by atoms with E-state index in [0.29, 0.717) is 11.8 Å². The Morgan fingerprint density at radius 1 is 0.500 bits per heavy atom. The van der Waals surface area contributed by atoms with Gasteiger partial charge in [0.1, 0.15) is 0 Å². The van der Waals surface area contributed by atoms with Crippen LogP contribution in [0, 0.1) is 0 Å². The van der Waals surface area contributed by atoms with Crippen molar-refractivity contribution in [2.24, 2.45) is 0 Å². The monoisotopic (exact) mass is 581 g/mol. The van der Waals surface area contributed by atoms with Gasteiger partial charge in [0, 0.05) is 49.8 Å². The van der Waals surface area contributed by atoms with E-state index in [1.807, 2.05) is 66.2 Å². The van der Waals surface area contributed by atoms with Crippen molar-refractivity contribution in [2.75, 3.05) is 0 Å². The molecule has 0 N–H and O–H groups in total. The summed E-state index contributed by atoms with van der Waals surface area (Å²) >= 11 is 1.82. The van der Waals surface area contributed by atoms with Gasteiger partial charge < -0.3 is 0 Å². The maximum atomic E-state index is 4.96. The van der Waals surface area contributed by atoms with E-state index < -0.39 is 0 Å². The summed E-state index contributed by atoms with van der Waals surface area (Å²) in [7, 11) is 0. The molecule has 6 heteroatoms. The van der Waals surface area contributed by atoms with Gasteiger partial charge in [-0.15, -0.1) is 11.3 Å². The van der Waals surface area contributed by atoms with Crippen LogP contribution in [-0.2, 0) is 0 Å². The third-order valence-corrected chi connectivity index (χ3v) is 9.33. The molecular formula is C38H23N5S. The molecule has 5 aromatic carbocycles. The number of rotatable bonds is 4. The second kappa shape index (κ2) is 9.93. The maximum Gasteiger partial charge on any atom is 0.234 e. The lowest BCUT2D eigenvalue weighted by Crippen LogP contribution is -2.02. The van der Waals surface area contributed by atoms with Crippen LogP contribution in [0.3, 0.4) is 0 Å². The molecule has 5 nitrogen and oxygen atoms in total. The van der Waals surface area contributed by atoms with Crippen molar-refractivity contribution >= 4 is 53.3 Å². The van der Waals surface area contributed by atoms with E-state index in [9.17, 15) is 0 Å². The summed E-state index contributed by atoms with van der Waals surface area (Å²) in [5.74, 6) is 1.21. The van der Waals surface area contributed by atoms with E-state index in [2.05, 4.69) is 89.5 Å². The van der Waals surface area contributed by atoms with Crippen molar-refractivity contribution in [3.63, 3.8) is 0 Å². The smallest absolute Gasteiger partial charge is 0.234 e. The highest BCUT2D eigenvalue weighted by atomic mass is 32.1. The summed E-state index contributed by atoms with van der Waals surface area (Å²) in [6.45, 7) is 0. The summed E-state index contributed by atoms with van der Waals surface area (Å²) in [5.41, 5.74) is 6.74. The SMILES string of the molecule is c1ccc(-c2cc(-c3ccccc3)nc(-c3cnc(-n4c5ccccc5c5ccc6c7ccccc7sc6c54)nc3)n2)cc1. The first-order chi connectivity index (χ1) is 21.8. The van der Waals surface area contributed by atoms with Crippen molar-refractivity contribution in [2.45, 2.75) is 0 Å². The van der Waals surface area contributed by atoms with Crippen molar-refractivity contribution in [3.05, 3.63) is 140 Å². The Balaban J connectivity index is 1.24. The largest absolute Gasteiger partial charge is 0.276 e. The van der Waals surface area contributed by atoms with Crippen LogP contribution in [0.5, 0.6) is 0 Å². The Morgan fingerprint density at radius 2 is 1.09 bits per heavy atom. The fourth-order valence-electron chi connectivity index (χ4n) is 6.08. The first-order valence-electron chi connectivity index (χ1n) is 14.5.